The fourth-order valence-electron chi connectivity index (χ4n) is 7.30. The minimum atomic E-state index is -1.59. The number of urea groups is 3. The van der Waals surface area contributed by atoms with Gasteiger partial charge in [-0.1, -0.05) is 36.4 Å². The fourth-order valence-corrected chi connectivity index (χ4v) is 7.30. The number of carboxylic acid groups (broad SMARTS) is 2. The largest absolute Gasteiger partial charge is 0.481 e. The first-order valence-electron chi connectivity index (χ1n) is 18.9. The van der Waals surface area contributed by atoms with Crippen LogP contribution in [0.25, 0.3) is 0 Å². The number of hydrogen-bond acceptors (Lipinski definition) is 10. The number of amides is 9. The lowest BCUT2D eigenvalue weighted by Gasteiger charge is -2.27. The molecule has 3 unspecified atom stereocenters. The molecule has 62 heavy (non-hydrogen) atoms. The van der Waals surface area contributed by atoms with Gasteiger partial charge in [-0.2, -0.15) is 0 Å². The topological polar surface area (TPSA) is 303 Å². The first-order chi connectivity index (χ1) is 29.1. The first kappa shape index (κ1) is 47.0. The van der Waals surface area contributed by atoms with Crippen molar-refractivity contribution in [3.63, 3.8) is 0 Å². The van der Waals surface area contributed by atoms with Crippen molar-refractivity contribution in [2.75, 3.05) is 50.8 Å². The predicted molar refractivity (Wildman–Crippen MR) is 223 cm³/mol. The average molecular weight is 860 g/mol. The molecule has 0 bridgehead atoms. The number of hydrogen-bond donors (Lipinski definition) is 10. The summed E-state index contributed by atoms with van der Waals surface area (Å²) in [4.78, 5) is 108. The Kier molecular flexibility index (Phi) is 14.2. The van der Waals surface area contributed by atoms with Crippen LogP contribution in [-0.4, -0.2) is 99.2 Å². The monoisotopic (exact) mass is 859 g/mol. The number of rotatable bonds is 9. The number of esters is 1. The molecule has 10 N–H and O–H groups in total. The number of carbonyl (C=O) groups excluding carboxylic acids is 7. The molecule has 3 aromatic carbocycles. The van der Waals surface area contributed by atoms with E-state index < -0.39 is 83.2 Å². The molecule has 0 saturated carbocycles. The molecule has 21 nitrogen and oxygen atoms in total. The van der Waals surface area contributed by atoms with E-state index in [0.29, 0.717) is 33.8 Å². The molecule has 3 aliphatic heterocycles. The summed E-state index contributed by atoms with van der Waals surface area (Å²) in [7, 11) is 7.04. The highest BCUT2D eigenvalue weighted by Gasteiger charge is 2.53. The molecular formula is C41H49N9O12. The van der Waals surface area contributed by atoms with Gasteiger partial charge in [0.1, 0.15) is 0 Å². The van der Waals surface area contributed by atoms with Crippen molar-refractivity contribution < 1.29 is 58.1 Å². The normalized spacial score (nSPS) is 19.9. The van der Waals surface area contributed by atoms with Gasteiger partial charge in [0.15, 0.2) is 16.6 Å². The zero-order valence-electron chi connectivity index (χ0n) is 35.2. The van der Waals surface area contributed by atoms with Crippen LogP contribution in [0.4, 0.5) is 31.4 Å². The highest BCUT2D eigenvalue weighted by Crippen LogP contribution is 2.43. The highest BCUT2D eigenvalue weighted by molar-refractivity contribution is 6.12. The van der Waals surface area contributed by atoms with Crippen LogP contribution in [0.3, 0.4) is 0 Å². The molecule has 0 saturated heterocycles. The zero-order valence-corrected chi connectivity index (χ0v) is 35.2. The van der Waals surface area contributed by atoms with Gasteiger partial charge in [-0.15, -0.1) is 0 Å². The van der Waals surface area contributed by atoms with Crippen molar-refractivity contribution in [1.82, 2.24) is 31.9 Å². The third-order valence-corrected chi connectivity index (χ3v) is 10.3. The molecule has 9 amide bonds. The van der Waals surface area contributed by atoms with Gasteiger partial charge in [-0.05, 0) is 55.7 Å². The van der Waals surface area contributed by atoms with Crippen molar-refractivity contribution >= 4 is 70.8 Å². The number of aryl methyl sites for hydroxylation is 3. The van der Waals surface area contributed by atoms with Gasteiger partial charge in [-0.25, -0.2) is 14.4 Å². The SMILES string of the molecule is CNC(=O)NC1(CC(=O)O)C(=O)N(C)c2cc(C)ccc21.CNC(=O)NC1(CC(=O)O)C(=O)Nc2cc(C)ccc21.CNC(=O)NC1(CC(=O)OC)C(=O)Nc2cc(C)ccc21. The number of benzene rings is 3. The van der Waals surface area contributed by atoms with Crippen LogP contribution in [0.2, 0.25) is 0 Å². The lowest BCUT2D eigenvalue weighted by Crippen LogP contribution is -2.55. The third-order valence-electron chi connectivity index (χ3n) is 10.3. The van der Waals surface area contributed by atoms with E-state index in [1.54, 1.807) is 55.6 Å². The van der Waals surface area contributed by atoms with Crippen LogP contribution >= 0.6 is 0 Å². The molecule has 21 heteroatoms. The Hall–Kier alpha value is -7.71. The molecule has 0 aromatic heterocycles. The number of anilines is 3. The van der Waals surface area contributed by atoms with Crippen molar-refractivity contribution in [2.45, 2.75) is 56.7 Å². The summed E-state index contributed by atoms with van der Waals surface area (Å²) < 4.78 is 4.65. The smallest absolute Gasteiger partial charge is 0.315 e. The van der Waals surface area contributed by atoms with Crippen LogP contribution in [0, 0.1) is 20.8 Å². The Labute approximate surface area is 355 Å². The zero-order chi connectivity index (χ0) is 46.3. The second kappa shape index (κ2) is 18.7. The van der Waals surface area contributed by atoms with E-state index in [1.807, 2.05) is 26.8 Å². The summed E-state index contributed by atoms with van der Waals surface area (Å²) in [5, 5.41) is 38.2. The van der Waals surface area contributed by atoms with E-state index in [9.17, 15) is 43.2 Å². The summed E-state index contributed by atoms with van der Waals surface area (Å²) >= 11 is 0. The summed E-state index contributed by atoms with van der Waals surface area (Å²) in [6, 6.07) is 14.0. The van der Waals surface area contributed by atoms with Crippen LogP contribution in [0.5, 0.6) is 0 Å². The van der Waals surface area contributed by atoms with Crippen LogP contribution in [-0.2, 0) is 50.1 Å². The van der Waals surface area contributed by atoms with Crippen LogP contribution < -0.4 is 47.4 Å². The molecule has 3 heterocycles. The van der Waals surface area contributed by atoms with Crippen LogP contribution in [0.15, 0.2) is 54.6 Å². The maximum atomic E-state index is 12.6. The van der Waals surface area contributed by atoms with E-state index in [2.05, 4.69) is 47.3 Å². The van der Waals surface area contributed by atoms with Gasteiger partial charge in [0.25, 0.3) is 17.7 Å². The first-order valence-corrected chi connectivity index (χ1v) is 18.9. The van der Waals surface area contributed by atoms with Gasteiger partial charge in [0, 0.05) is 61.9 Å². The summed E-state index contributed by atoms with van der Waals surface area (Å²) in [5.41, 5.74) is 1.41. The van der Waals surface area contributed by atoms with E-state index in [0.717, 1.165) is 16.7 Å². The van der Waals surface area contributed by atoms with Gasteiger partial charge < -0.3 is 62.4 Å². The third kappa shape index (κ3) is 9.35. The Morgan fingerprint density at radius 3 is 1.37 bits per heavy atom. The molecule has 0 radical (unpaired) electrons. The second-order valence-corrected chi connectivity index (χ2v) is 14.6. The number of ether oxygens (including phenoxy) is 1. The quantitative estimate of drug-likeness (QED) is 0.138. The van der Waals surface area contributed by atoms with E-state index in [1.165, 1.54) is 33.2 Å². The van der Waals surface area contributed by atoms with Gasteiger partial charge in [0.05, 0.1) is 26.4 Å². The number of carboxylic acids is 2. The summed E-state index contributed by atoms with van der Waals surface area (Å²) in [6.07, 6.45) is -1.32. The number of fused-ring (bicyclic) bond motifs is 3. The minimum Gasteiger partial charge on any atom is -0.481 e. The Morgan fingerprint density at radius 1 is 0.597 bits per heavy atom. The van der Waals surface area contributed by atoms with Crippen molar-refractivity contribution in [2.24, 2.45) is 0 Å². The van der Waals surface area contributed by atoms with Gasteiger partial charge >= 0.3 is 36.0 Å². The van der Waals surface area contributed by atoms with E-state index >= 15 is 0 Å². The molecule has 3 aromatic rings. The molecule has 0 aliphatic carbocycles. The highest BCUT2D eigenvalue weighted by atomic mass is 16.5. The Balaban J connectivity index is 0.000000205. The van der Waals surface area contributed by atoms with Gasteiger partial charge in [-0.3, -0.25) is 28.8 Å². The lowest BCUT2D eigenvalue weighted by atomic mass is 9.87. The minimum absolute atomic E-state index is 0.279. The maximum absolute atomic E-state index is 12.6. The number of nitrogens with one attached hydrogen (secondary N) is 8. The number of likely N-dealkylation sites (N-methyl/N-ethyl adjacent to an activating group) is 1. The molecule has 3 atom stereocenters. The number of carbonyl (C=O) groups is 9. The molecule has 6 rings (SSSR count). The average Bonchev–Trinajstić information content (AvgIpc) is 3.70. The van der Waals surface area contributed by atoms with Crippen molar-refractivity contribution in [3.05, 3.63) is 88.0 Å². The summed E-state index contributed by atoms with van der Waals surface area (Å²) in [6.45, 7) is 5.62. The molecule has 3 aliphatic rings. The standard InChI is InChI=1S/2C14H17N3O4.C13H15N3O4/c1-8-4-5-9-10(6-8)17(3)12(20)14(9,7-11(18)19)16-13(21)15-2;1-8-4-5-9-10(6-8)16-12(19)14(9,7-11(18)21-3)17-13(20)15-2;1-7-3-4-8-9(5-7)15-11(19)13(8,6-10(17)18)16-12(20)14-2/h4-6H,7H2,1-3H3,(H,18,19)(H2,15,16,21);4-6H,7H2,1-3H3,(H,16,19)(H2,15,17,20);3-5H,6H2,1-2H3,(H,15,19)(H,17,18)(H2,14,16,20). The van der Waals surface area contributed by atoms with Crippen molar-refractivity contribution in [1.29, 1.82) is 0 Å². The van der Waals surface area contributed by atoms with E-state index in [4.69, 9.17) is 10.2 Å². The van der Waals surface area contributed by atoms with Crippen molar-refractivity contribution in [3.8, 4) is 0 Å². The van der Waals surface area contributed by atoms with Gasteiger partial charge in [0.2, 0.25) is 0 Å². The van der Waals surface area contributed by atoms with E-state index in [-0.39, 0.29) is 6.42 Å². The lowest BCUT2D eigenvalue weighted by molar-refractivity contribution is -0.144. The summed E-state index contributed by atoms with van der Waals surface area (Å²) in [5.74, 6) is -4.41. The number of methoxy groups -OCH3 is 1. The Morgan fingerprint density at radius 2 is 0.968 bits per heavy atom. The number of nitrogens with zero attached hydrogens (tertiary/aromatic N) is 1. The maximum Gasteiger partial charge on any atom is 0.315 e. The molecule has 0 spiro atoms. The van der Waals surface area contributed by atoms with Crippen LogP contribution in [0.1, 0.15) is 52.6 Å². The molecule has 330 valence electrons. The number of aliphatic carboxylic acids is 2. The predicted octanol–water partition coefficient (Wildman–Crippen LogP) is 1.75. The molecular weight excluding hydrogens is 811 g/mol. The Bertz CT molecular complexity index is 2330. The molecule has 0 fully saturated rings. The fraction of sp³-hybridized carbons (Fsp3) is 0.341. The second-order valence-electron chi connectivity index (χ2n) is 14.6.